The van der Waals surface area contributed by atoms with Crippen LogP contribution in [0.25, 0.3) is 0 Å². The van der Waals surface area contributed by atoms with Gasteiger partial charge in [0.2, 0.25) is 11.8 Å². The molecule has 0 aromatic heterocycles. The Morgan fingerprint density at radius 3 is 2.48 bits per heavy atom. The summed E-state index contributed by atoms with van der Waals surface area (Å²) in [6, 6.07) is 12.9. The number of hydrogen-bond donors (Lipinski definition) is 1. The molecule has 1 aliphatic heterocycles. The van der Waals surface area contributed by atoms with Gasteiger partial charge in [-0.3, -0.25) is 19.3 Å². The minimum atomic E-state index is -0.716. The van der Waals surface area contributed by atoms with Gasteiger partial charge in [0, 0.05) is 5.69 Å². The van der Waals surface area contributed by atoms with Gasteiger partial charge in [0.1, 0.15) is 5.75 Å². The van der Waals surface area contributed by atoms with Crippen LogP contribution in [0, 0.1) is 17.8 Å². The molecule has 0 bridgehead atoms. The fourth-order valence-electron chi connectivity index (χ4n) is 4.50. The molecule has 1 heterocycles. The van der Waals surface area contributed by atoms with E-state index >= 15 is 0 Å². The number of nitrogens with zero attached hydrogens (tertiary/aromatic N) is 1. The Kier molecular flexibility index (Phi) is 6.44. The smallest absolute Gasteiger partial charge is 0.338 e. The zero-order chi connectivity index (χ0) is 23.5. The summed E-state index contributed by atoms with van der Waals surface area (Å²) in [7, 11) is 1.55. The average molecular weight is 450 g/mol. The largest absolute Gasteiger partial charge is 0.497 e. The number of ether oxygens (including phenoxy) is 2. The summed E-state index contributed by atoms with van der Waals surface area (Å²) < 4.78 is 10.2. The monoisotopic (exact) mass is 450 g/mol. The Labute approximate surface area is 191 Å². The lowest BCUT2D eigenvalue weighted by Gasteiger charge is -2.25. The maximum Gasteiger partial charge on any atom is 0.338 e. The molecule has 8 nitrogen and oxygen atoms in total. The van der Waals surface area contributed by atoms with E-state index < -0.39 is 18.5 Å². The number of rotatable bonds is 6. The summed E-state index contributed by atoms with van der Waals surface area (Å²) in [6.45, 7) is 1.62. The third-order valence-corrected chi connectivity index (χ3v) is 6.24. The highest BCUT2D eigenvalue weighted by Crippen LogP contribution is 2.42. The standard InChI is InChI=1S/C25H26N2O6/c1-15-6-11-20-21(12-15)24(30)27(23(20)29)18-5-3-4-16(13-18)25(31)33-14-22(28)26-17-7-9-19(32-2)10-8-17/h3-5,7-10,13,15,20-21H,6,11-12,14H2,1-2H3,(H,26,28)/t15-,20+,21+/m0/s1. The van der Waals surface area contributed by atoms with E-state index in [4.69, 9.17) is 9.47 Å². The number of esters is 1. The van der Waals surface area contributed by atoms with E-state index in [0.717, 1.165) is 6.42 Å². The lowest BCUT2D eigenvalue weighted by atomic mass is 9.76. The van der Waals surface area contributed by atoms with Crippen LogP contribution >= 0.6 is 0 Å². The second-order valence-electron chi connectivity index (χ2n) is 8.55. The van der Waals surface area contributed by atoms with Crippen LogP contribution in [0.2, 0.25) is 0 Å². The molecule has 1 N–H and O–H groups in total. The van der Waals surface area contributed by atoms with Crippen molar-refractivity contribution < 1.29 is 28.7 Å². The number of carbonyl (C=O) groups is 4. The Bertz CT molecular complexity index is 1080. The second-order valence-corrected chi connectivity index (χ2v) is 8.55. The summed E-state index contributed by atoms with van der Waals surface area (Å²) in [4.78, 5) is 51.6. The predicted octanol–water partition coefficient (Wildman–Crippen LogP) is 3.42. The quantitative estimate of drug-likeness (QED) is 0.535. The van der Waals surface area contributed by atoms with Crippen LogP contribution in [-0.2, 0) is 19.1 Å². The fraction of sp³-hybridized carbons (Fsp3) is 0.360. The highest BCUT2D eigenvalue weighted by atomic mass is 16.5. The molecule has 0 radical (unpaired) electrons. The second kappa shape index (κ2) is 9.44. The van der Waals surface area contributed by atoms with E-state index in [2.05, 4.69) is 12.2 Å². The number of nitrogens with one attached hydrogen (secondary N) is 1. The first-order valence-corrected chi connectivity index (χ1v) is 11.0. The van der Waals surface area contributed by atoms with Crippen LogP contribution in [-0.4, -0.2) is 37.4 Å². The molecular weight excluding hydrogens is 424 g/mol. The van der Waals surface area contributed by atoms with Crippen molar-refractivity contribution in [2.45, 2.75) is 26.2 Å². The van der Waals surface area contributed by atoms with Crippen molar-refractivity contribution in [1.82, 2.24) is 0 Å². The molecule has 3 atom stereocenters. The summed E-state index contributed by atoms with van der Waals surface area (Å²) in [6.07, 6.45) is 2.34. The van der Waals surface area contributed by atoms with E-state index in [1.54, 1.807) is 43.5 Å². The average Bonchev–Trinajstić information content (AvgIpc) is 3.07. The van der Waals surface area contributed by atoms with Crippen LogP contribution < -0.4 is 15.0 Å². The van der Waals surface area contributed by atoms with Crippen molar-refractivity contribution in [3.05, 3.63) is 54.1 Å². The van der Waals surface area contributed by atoms with Gasteiger partial charge < -0.3 is 14.8 Å². The molecule has 2 aromatic carbocycles. The van der Waals surface area contributed by atoms with Gasteiger partial charge in [0.25, 0.3) is 5.91 Å². The van der Waals surface area contributed by atoms with Gasteiger partial charge in [-0.25, -0.2) is 4.79 Å². The van der Waals surface area contributed by atoms with Crippen molar-refractivity contribution in [3.8, 4) is 5.75 Å². The maximum atomic E-state index is 12.9. The lowest BCUT2D eigenvalue weighted by molar-refractivity contribution is -0.122. The summed E-state index contributed by atoms with van der Waals surface area (Å²) in [5.74, 6) is -1.14. The Morgan fingerprint density at radius 1 is 1.03 bits per heavy atom. The first kappa shape index (κ1) is 22.5. The predicted molar refractivity (Wildman–Crippen MR) is 121 cm³/mol. The molecule has 1 saturated heterocycles. The van der Waals surface area contributed by atoms with Crippen LogP contribution in [0.5, 0.6) is 5.75 Å². The molecule has 33 heavy (non-hydrogen) atoms. The molecule has 1 saturated carbocycles. The zero-order valence-electron chi connectivity index (χ0n) is 18.6. The molecule has 172 valence electrons. The SMILES string of the molecule is COc1ccc(NC(=O)COC(=O)c2cccc(N3C(=O)[C@@H]4CC[C@H](C)C[C@H]4C3=O)c2)cc1. The number of fused-ring (bicyclic) bond motifs is 1. The lowest BCUT2D eigenvalue weighted by Crippen LogP contribution is -2.31. The third-order valence-electron chi connectivity index (χ3n) is 6.24. The van der Waals surface area contributed by atoms with Crippen molar-refractivity contribution in [3.63, 3.8) is 0 Å². The summed E-state index contributed by atoms with van der Waals surface area (Å²) in [5.41, 5.74) is 1.05. The number of amides is 3. The van der Waals surface area contributed by atoms with E-state index in [1.165, 1.54) is 17.0 Å². The highest BCUT2D eigenvalue weighted by molar-refractivity contribution is 6.22. The van der Waals surface area contributed by atoms with Gasteiger partial charge in [0.05, 0.1) is 30.2 Å². The first-order chi connectivity index (χ1) is 15.9. The third kappa shape index (κ3) is 4.74. The molecular formula is C25H26N2O6. The number of anilines is 2. The van der Waals surface area contributed by atoms with E-state index in [-0.39, 0.29) is 29.2 Å². The zero-order valence-corrected chi connectivity index (χ0v) is 18.6. The van der Waals surface area contributed by atoms with Crippen molar-refractivity contribution in [2.24, 2.45) is 17.8 Å². The van der Waals surface area contributed by atoms with Gasteiger partial charge in [-0.1, -0.05) is 13.0 Å². The molecule has 2 aromatic rings. The number of methoxy groups -OCH3 is 1. The van der Waals surface area contributed by atoms with Crippen LogP contribution in [0.4, 0.5) is 11.4 Å². The van der Waals surface area contributed by atoms with Gasteiger partial charge in [-0.15, -0.1) is 0 Å². The topological polar surface area (TPSA) is 102 Å². The Hall–Kier alpha value is -3.68. The van der Waals surface area contributed by atoms with Gasteiger partial charge in [-0.2, -0.15) is 0 Å². The van der Waals surface area contributed by atoms with Crippen LogP contribution in [0.15, 0.2) is 48.5 Å². The number of benzene rings is 2. The molecule has 0 unspecified atom stereocenters. The van der Waals surface area contributed by atoms with Crippen LogP contribution in [0.3, 0.4) is 0 Å². The van der Waals surface area contributed by atoms with Gasteiger partial charge in [0.15, 0.2) is 6.61 Å². The summed E-state index contributed by atoms with van der Waals surface area (Å²) >= 11 is 0. The molecule has 3 amide bonds. The fourth-order valence-corrected chi connectivity index (χ4v) is 4.50. The van der Waals surface area contributed by atoms with E-state index in [9.17, 15) is 19.2 Å². The molecule has 0 spiro atoms. The molecule has 1 aliphatic carbocycles. The van der Waals surface area contributed by atoms with Crippen molar-refractivity contribution in [2.75, 3.05) is 23.9 Å². The normalized spacial score (nSPS) is 22.0. The van der Waals surface area contributed by atoms with E-state index in [1.807, 2.05) is 0 Å². The molecule has 4 rings (SSSR count). The molecule has 8 heteroatoms. The van der Waals surface area contributed by atoms with Gasteiger partial charge >= 0.3 is 5.97 Å². The molecule has 2 aliphatic rings. The van der Waals surface area contributed by atoms with Crippen LogP contribution in [0.1, 0.15) is 36.5 Å². The number of hydrogen-bond acceptors (Lipinski definition) is 6. The minimum Gasteiger partial charge on any atom is -0.497 e. The minimum absolute atomic E-state index is 0.161. The summed E-state index contributed by atoms with van der Waals surface area (Å²) in [5, 5.41) is 2.63. The number of carbonyl (C=O) groups excluding carboxylic acids is 4. The maximum absolute atomic E-state index is 12.9. The highest BCUT2D eigenvalue weighted by Gasteiger charge is 2.50. The molecule has 2 fully saturated rings. The Balaban J connectivity index is 1.39. The number of imide groups is 1. The van der Waals surface area contributed by atoms with Crippen molar-refractivity contribution >= 4 is 35.1 Å². The van der Waals surface area contributed by atoms with E-state index in [0.29, 0.717) is 35.9 Å². The van der Waals surface area contributed by atoms with Gasteiger partial charge in [-0.05, 0) is 67.6 Å². The van der Waals surface area contributed by atoms with Crippen molar-refractivity contribution in [1.29, 1.82) is 0 Å². The first-order valence-electron chi connectivity index (χ1n) is 11.0. The Morgan fingerprint density at radius 2 is 1.76 bits per heavy atom.